The third kappa shape index (κ3) is 5.85. The van der Waals surface area contributed by atoms with Gasteiger partial charge in [-0.2, -0.15) is 0 Å². The fourth-order valence-corrected chi connectivity index (χ4v) is 3.80. The summed E-state index contributed by atoms with van der Waals surface area (Å²) in [5.41, 5.74) is 1.83. The van der Waals surface area contributed by atoms with Gasteiger partial charge >= 0.3 is 0 Å². The molecule has 30 heavy (non-hydrogen) atoms. The van der Waals surface area contributed by atoms with E-state index in [9.17, 15) is 9.59 Å². The predicted molar refractivity (Wildman–Crippen MR) is 123 cm³/mol. The van der Waals surface area contributed by atoms with Crippen LogP contribution in [0.2, 0.25) is 0 Å². The highest BCUT2D eigenvalue weighted by Crippen LogP contribution is 2.27. The van der Waals surface area contributed by atoms with Crippen LogP contribution in [0.4, 0.5) is 5.69 Å². The van der Waals surface area contributed by atoms with Gasteiger partial charge in [0.05, 0.1) is 11.1 Å². The van der Waals surface area contributed by atoms with E-state index in [1.54, 1.807) is 42.5 Å². The molecule has 160 valence electrons. The van der Waals surface area contributed by atoms with Crippen molar-refractivity contribution in [2.75, 3.05) is 25.0 Å². The summed E-state index contributed by atoms with van der Waals surface area (Å²) in [4.78, 5) is 27.2. The number of anilines is 1. The maximum atomic E-state index is 12.6. The molecule has 0 unspecified atom stereocenters. The summed E-state index contributed by atoms with van der Waals surface area (Å²) in [6, 6.07) is 12.4. The minimum atomic E-state index is -0.213. The van der Waals surface area contributed by atoms with Crippen LogP contribution in [-0.2, 0) is 0 Å². The summed E-state index contributed by atoms with van der Waals surface area (Å²) in [6.07, 6.45) is 2.10. The third-order valence-electron chi connectivity index (χ3n) is 5.23. The molecular formula is C24H29BrN2O3. The Bertz CT molecular complexity index is 888. The van der Waals surface area contributed by atoms with Crippen molar-refractivity contribution in [3.05, 3.63) is 58.1 Å². The number of amides is 2. The Kier molecular flexibility index (Phi) is 7.53. The van der Waals surface area contributed by atoms with Gasteiger partial charge in [0, 0.05) is 29.9 Å². The molecule has 0 aliphatic carbocycles. The molecule has 0 spiro atoms. The first kappa shape index (κ1) is 22.3. The molecular weight excluding hydrogens is 444 g/mol. The maximum Gasteiger partial charge on any atom is 0.255 e. The highest BCUT2D eigenvalue weighted by molar-refractivity contribution is 9.10. The van der Waals surface area contributed by atoms with Crippen LogP contribution in [0.3, 0.4) is 0 Å². The topological polar surface area (TPSA) is 58.6 Å². The molecule has 1 fully saturated rings. The number of likely N-dealkylation sites (tertiary alicyclic amines) is 1. The first-order valence-corrected chi connectivity index (χ1v) is 11.3. The first-order valence-electron chi connectivity index (χ1n) is 10.5. The summed E-state index contributed by atoms with van der Waals surface area (Å²) in [7, 11) is 0. The van der Waals surface area contributed by atoms with Crippen LogP contribution >= 0.6 is 15.9 Å². The minimum Gasteiger partial charge on any atom is -0.492 e. The van der Waals surface area contributed by atoms with E-state index < -0.39 is 0 Å². The molecule has 0 bridgehead atoms. The molecule has 2 aromatic carbocycles. The molecule has 1 aliphatic heterocycles. The van der Waals surface area contributed by atoms with Gasteiger partial charge in [-0.3, -0.25) is 9.59 Å². The number of carbonyl (C=O) groups excluding carboxylic acids is 2. The lowest BCUT2D eigenvalue weighted by Gasteiger charge is -2.30. The Morgan fingerprint density at radius 3 is 2.33 bits per heavy atom. The van der Waals surface area contributed by atoms with Crippen molar-refractivity contribution in [1.82, 2.24) is 4.90 Å². The molecule has 3 rings (SSSR count). The van der Waals surface area contributed by atoms with Crippen molar-refractivity contribution in [3.63, 3.8) is 0 Å². The van der Waals surface area contributed by atoms with Gasteiger partial charge in [0.1, 0.15) is 5.75 Å². The molecule has 5 nitrogen and oxygen atoms in total. The Hall–Kier alpha value is -2.34. The average Bonchev–Trinajstić information content (AvgIpc) is 2.73. The van der Waals surface area contributed by atoms with Crippen LogP contribution in [0.5, 0.6) is 5.75 Å². The molecule has 2 amide bonds. The highest BCUT2D eigenvalue weighted by atomic mass is 79.9. The van der Waals surface area contributed by atoms with Gasteiger partial charge in [-0.1, -0.05) is 20.8 Å². The second kappa shape index (κ2) is 10.1. The van der Waals surface area contributed by atoms with Gasteiger partial charge in [0.15, 0.2) is 0 Å². The molecule has 1 aliphatic rings. The maximum absolute atomic E-state index is 12.6. The Balaban J connectivity index is 1.60. The van der Waals surface area contributed by atoms with E-state index in [1.807, 2.05) is 4.90 Å². The molecule has 0 radical (unpaired) electrons. The van der Waals surface area contributed by atoms with E-state index in [4.69, 9.17) is 4.74 Å². The molecule has 0 atom stereocenters. The molecule has 1 saturated heterocycles. The standard InChI is InChI=1S/C24H29BrN2O3/c1-16(2)15-30-22-9-6-19(14-21(22)25)23(28)26-20-7-4-18(5-8-20)24(29)27-12-10-17(3)11-13-27/h4-9,14,16-17H,10-13,15H2,1-3H3,(H,26,28). The summed E-state index contributed by atoms with van der Waals surface area (Å²) in [5, 5.41) is 2.88. The van der Waals surface area contributed by atoms with Crippen molar-refractivity contribution >= 4 is 33.4 Å². The number of hydrogen-bond acceptors (Lipinski definition) is 3. The van der Waals surface area contributed by atoms with Crippen LogP contribution in [0.1, 0.15) is 54.3 Å². The summed E-state index contributed by atoms with van der Waals surface area (Å²) >= 11 is 3.47. The monoisotopic (exact) mass is 472 g/mol. The van der Waals surface area contributed by atoms with Crippen molar-refractivity contribution < 1.29 is 14.3 Å². The van der Waals surface area contributed by atoms with Crippen molar-refractivity contribution in [3.8, 4) is 5.75 Å². The van der Waals surface area contributed by atoms with Crippen LogP contribution in [0.15, 0.2) is 46.9 Å². The zero-order valence-electron chi connectivity index (χ0n) is 17.8. The second-order valence-electron chi connectivity index (χ2n) is 8.36. The number of hydrogen-bond donors (Lipinski definition) is 1. The van der Waals surface area contributed by atoms with Gasteiger partial charge in [-0.05, 0) is 83.1 Å². The van der Waals surface area contributed by atoms with E-state index in [0.29, 0.717) is 35.3 Å². The Morgan fingerprint density at radius 2 is 1.73 bits per heavy atom. The zero-order valence-corrected chi connectivity index (χ0v) is 19.4. The summed E-state index contributed by atoms with van der Waals surface area (Å²) < 4.78 is 6.47. The zero-order chi connectivity index (χ0) is 21.7. The quantitative estimate of drug-likeness (QED) is 0.594. The lowest BCUT2D eigenvalue weighted by Crippen LogP contribution is -2.37. The predicted octanol–water partition coefficient (Wildman–Crippen LogP) is 5.61. The number of rotatable bonds is 6. The van der Waals surface area contributed by atoms with Gasteiger partial charge < -0.3 is 15.0 Å². The Labute approximate surface area is 186 Å². The normalized spacial score (nSPS) is 14.6. The smallest absolute Gasteiger partial charge is 0.255 e. The van der Waals surface area contributed by atoms with Gasteiger partial charge in [0.25, 0.3) is 11.8 Å². The average molecular weight is 473 g/mol. The number of nitrogens with zero attached hydrogens (tertiary/aromatic N) is 1. The summed E-state index contributed by atoms with van der Waals surface area (Å²) in [6.45, 7) is 8.63. The van der Waals surface area contributed by atoms with Crippen LogP contribution in [0, 0.1) is 11.8 Å². The number of benzene rings is 2. The fourth-order valence-electron chi connectivity index (χ4n) is 3.31. The van der Waals surface area contributed by atoms with Gasteiger partial charge in [-0.25, -0.2) is 0 Å². The van der Waals surface area contributed by atoms with E-state index in [2.05, 4.69) is 42.0 Å². The van der Waals surface area contributed by atoms with E-state index in [0.717, 1.165) is 36.2 Å². The number of nitrogens with one attached hydrogen (secondary N) is 1. The lowest BCUT2D eigenvalue weighted by atomic mass is 9.98. The molecule has 6 heteroatoms. The second-order valence-corrected chi connectivity index (χ2v) is 9.21. The largest absolute Gasteiger partial charge is 0.492 e. The van der Waals surface area contributed by atoms with Crippen LogP contribution in [0.25, 0.3) is 0 Å². The molecule has 1 heterocycles. The van der Waals surface area contributed by atoms with E-state index in [-0.39, 0.29) is 11.8 Å². The lowest BCUT2D eigenvalue weighted by molar-refractivity contribution is 0.0697. The fraction of sp³-hybridized carbons (Fsp3) is 0.417. The van der Waals surface area contributed by atoms with Crippen LogP contribution < -0.4 is 10.1 Å². The van der Waals surface area contributed by atoms with Crippen molar-refractivity contribution in [2.24, 2.45) is 11.8 Å². The van der Waals surface area contributed by atoms with E-state index in [1.165, 1.54) is 0 Å². The molecule has 0 aromatic heterocycles. The third-order valence-corrected chi connectivity index (χ3v) is 5.85. The molecule has 1 N–H and O–H groups in total. The number of piperidine rings is 1. The van der Waals surface area contributed by atoms with E-state index >= 15 is 0 Å². The van der Waals surface area contributed by atoms with Gasteiger partial charge in [-0.15, -0.1) is 0 Å². The summed E-state index contributed by atoms with van der Waals surface area (Å²) in [5.74, 6) is 1.67. The number of ether oxygens (including phenoxy) is 1. The minimum absolute atomic E-state index is 0.0562. The SMILES string of the molecule is CC(C)COc1ccc(C(=O)Nc2ccc(C(=O)N3CCC(C)CC3)cc2)cc1Br. The highest BCUT2D eigenvalue weighted by Gasteiger charge is 2.21. The van der Waals surface area contributed by atoms with Crippen molar-refractivity contribution in [2.45, 2.75) is 33.6 Å². The number of halogens is 1. The van der Waals surface area contributed by atoms with Gasteiger partial charge in [0.2, 0.25) is 0 Å². The van der Waals surface area contributed by atoms with Crippen LogP contribution in [-0.4, -0.2) is 36.4 Å². The Morgan fingerprint density at radius 1 is 1.10 bits per heavy atom. The van der Waals surface area contributed by atoms with Crippen molar-refractivity contribution in [1.29, 1.82) is 0 Å². The molecule has 2 aromatic rings. The first-order chi connectivity index (χ1) is 14.3. The number of carbonyl (C=O) groups is 2. The molecule has 0 saturated carbocycles.